The van der Waals surface area contributed by atoms with E-state index in [2.05, 4.69) is 39.4 Å². The van der Waals surface area contributed by atoms with Gasteiger partial charge in [-0.3, -0.25) is 4.99 Å². The zero-order valence-electron chi connectivity index (χ0n) is 16.6. The van der Waals surface area contributed by atoms with Crippen molar-refractivity contribution in [1.29, 1.82) is 0 Å². The van der Waals surface area contributed by atoms with Gasteiger partial charge in [0.1, 0.15) is 6.26 Å². The molecule has 2 N–H and O–H groups in total. The van der Waals surface area contributed by atoms with Crippen LogP contribution in [0.4, 0.5) is 0 Å². The largest absolute Gasteiger partial charge is 0.444 e. The Morgan fingerprint density at radius 2 is 1.85 bits per heavy atom. The van der Waals surface area contributed by atoms with Crippen molar-refractivity contribution in [1.82, 2.24) is 20.5 Å². The molecular weight excluding hydrogens is 453 g/mol. The van der Waals surface area contributed by atoms with Crippen molar-refractivity contribution in [3.63, 3.8) is 0 Å². The summed E-state index contributed by atoms with van der Waals surface area (Å²) in [6, 6.07) is 9.91. The zero-order chi connectivity index (χ0) is 18.6. The van der Waals surface area contributed by atoms with Gasteiger partial charge in [0.05, 0.1) is 12.2 Å². The number of benzene rings is 1. The van der Waals surface area contributed by atoms with E-state index in [1.54, 1.807) is 13.3 Å². The van der Waals surface area contributed by atoms with Crippen molar-refractivity contribution in [2.75, 3.05) is 33.2 Å². The molecule has 1 heterocycles. The number of unbranched alkanes of at least 4 members (excludes halogenated alkanes) is 1. The standard InChI is InChI=1S/C20H31N5O.HI/c1-4-25(5-2)14-10-9-13-22-20(21-3)23-15-18-16-26-19(24-18)17-11-7-6-8-12-17;/h6-8,11-12,16H,4-5,9-10,13-15H2,1-3H3,(H2,21,22,23);1H. The average Bonchev–Trinajstić information content (AvgIpc) is 3.17. The molecule has 0 unspecified atom stereocenters. The van der Waals surface area contributed by atoms with Crippen LogP contribution in [0, 0.1) is 0 Å². The lowest BCUT2D eigenvalue weighted by Gasteiger charge is -2.17. The van der Waals surface area contributed by atoms with E-state index in [4.69, 9.17) is 4.42 Å². The fourth-order valence-electron chi connectivity index (χ4n) is 2.70. The molecule has 0 saturated heterocycles. The van der Waals surface area contributed by atoms with Crippen molar-refractivity contribution >= 4 is 29.9 Å². The van der Waals surface area contributed by atoms with Crippen LogP contribution in [0.2, 0.25) is 0 Å². The first-order valence-corrected chi connectivity index (χ1v) is 9.43. The van der Waals surface area contributed by atoms with E-state index in [0.29, 0.717) is 12.4 Å². The maximum absolute atomic E-state index is 5.56. The Morgan fingerprint density at radius 3 is 2.52 bits per heavy atom. The lowest BCUT2D eigenvalue weighted by atomic mass is 10.2. The van der Waals surface area contributed by atoms with Gasteiger partial charge in [-0.1, -0.05) is 32.0 Å². The summed E-state index contributed by atoms with van der Waals surface area (Å²) in [4.78, 5) is 11.2. The van der Waals surface area contributed by atoms with Crippen molar-refractivity contribution < 1.29 is 4.42 Å². The van der Waals surface area contributed by atoms with E-state index in [9.17, 15) is 0 Å². The molecule has 2 aromatic rings. The Labute approximate surface area is 179 Å². The predicted molar refractivity (Wildman–Crippen MR) is 123 cm³/mol. The predicted octanol–water partition coefficient (Wildman–Crippen LogP) is 3.75. The summed E-state index contributed by atoms with van der Waals surface area (Å²) in [7, 11) is 1.78. The van der Waals surface area contributed by atoms with Crippen LogP contribution >= 0.6 is 24.0 Å². The van der Waals surface area contributed by atoms with Gasteiger partial charge >= 0.3 is 0 Å². The quantitative estimate of drug-likeness (QED) is 0.232. The molecule has 6 nitrogen and oxygen atoms in total. The van der Waals surface area contributed by atoms with Gasteiger partial charge in [-0.25, -0.2) is 4.98 Å². The van der Waals surface area contributed by atoms with Crippen molar-refractivity contribution in [2.24, 2.45) is 4.99 Å². The van der Waals surface area contributed by atoms with Gasteiger partial charge in [0.15, 0.2) is 5.96 Å². The number of nitrogens with one attached hydrogen (secondary N) is 2. The first kappa shape index (κ1) is 23.4. The van der Waals surface area contributed by atoms with Gasteiger partial charge in [-0.05, 0) is 44.6 Å². The van der Waals surface area contributed by atoms with E-state index >= 15 is 0 Å². The van der Waals surface area contributed by atoms with E-state index in [-0.39, 0.29) is 24.0 Å². The average molecular weight is 485 g/mol. The highest BCUT2D eigenvalue weighted by atomic mass is 127. The molecule has 150 valence electrons. The Balaban J connectivity index is 0.00000364. The lowest BCUT2D eigenvalue weighted by Crippen LogP contribution is -2.37. The highest BCUT2D eigenvalue weighted by Gasteiger charge is 2.07. The number of nitrogens with zero attached hydrogens (tertiary/aromatic N) is 3. The second kappa shape index (κ2) is 13.5. The number of hydrogen-bond acceptors (Lipinski definition) is 4. The Bertz CT molecular complexity index is 655. The van der Waals surface area contributed by atoms with Gasteiger partial charge in [-0.2, -0.15) is 0 Å². The fraction of sp³-hybridized carbons (Fsp3) is 0.500. The van der Waals surface area contributed by atoms with Crippen LogP contribution in [0.15, 0.2) is 46.0 Å². The minimum Gasteiger partial charge on any atom is -0.444 e. The molecule has 0 saturated carbocycles. The molecule has 0 spiro atoms. The Hall–Kier alpha value is -1.61. The smallest absolute Gasteiger partial charge is 0.226 e. The third-order valence-electron chi connectivity index (χ3n) is 4.32. The van der Waals surface area contributed by atoms with Gasteiger partial charge in [0.2, 0.25) is 5.89 Å². The van der Waals surface area contributed by atoms with Crippen LogP contribution in [0.25, 0.3) is 11.5 Å². The van der Waals surface area contributed by atoms with Crippen LogP contribution in [0.1, 0.15) is 32.4 Å². The molecule has 27 heavy (non-hydrogen) atoms. The molecule has 1 aromatic carbocycles. The minimum absolute atomic E-state index is 0. The Morgan fingerprint density at radius 1 is 1.11 bits per heavy atom. The van der Waals surface area contributed by atoms with Crippen molar-refractivity contribution in [3.8, 4) is 11.5 Å². The fourth-order valence-corrected chi connectivity index (χ4v) is 2.70. The molecule has 0 fully saturated rings. The molecule has 0 radical (unpaired) electrons. The normalized spacial score (nSPS) is 11.3. The van der Waals surface area contributed by atoms with Gasteiger partial charge < -0.3 is 20.0 Å². The van der Waals surface area contributed by atoms with Crippen LogP contribution in [-0.4, -0.2) is 49.1 Å². The summed E-state index contributed by atoms with van der Waals surface area (Å²) in [6.45, 7) is 9.30. The second-order valence-corrected chi connectivity index (χ2v) is 6.10. The molecule has 0 aliphatic carbocycles. The molecule has 1 aromatic heterocycles. The third-order valence-corrected chi connectivity index (χ3v) is 4.32. The molecule has 0 aliphatic rings. The number of rotatable bonds is 10. The highest BCUT2D eigenvalue weighted by Crippen LogP contribution is 2.17. The van der Waals surface area contributed by atoms with Gasteiger partial charge in [0, 0.05) is 19.2 Å². The van der Waals surface area contributed by atoms with Gasteiger partial charge in [-0.15, -0.1) is 24.0 Å². The number of oxazole rings is 1. The van der Waals surface area contributed by atoms with Crippen LogP contribution in [0.3, 0.4) is 0 Å². The molecule has 0 amide bonds. The molecule has 7 heteroatoms. The monoisotopic (exact) mass is 485 g/mol. The topological polar surface area (TPSA) is 65.7 Å². The molecular formula is C20H32IN5O. The summed E-state index contributed by atoms with van der Waals surface area (Å²) in [6.07, 6.45) is 4.00. The van der Waals surface area contributed by atoms with Gasteiger partial charge in [0.25, 0.3) is 0 Å². The summed E-state index contributed by atoms with van der Waals surface area (Å²) in [5.74, 6) is 1.43. The Kier molecular flexibility index (Phi) is 11.8. The molecule has 0 bridgehead atoms. The number of halogens is 1. The summed E-state index contributed by atoms with van der Waals surface area (Å²) in [5.41, 5.74) is 1.84. The summed E-state index contributed by atoms with van der Waals surface area (Å²) in [5, 5.41) is 6.63. The van der Waals surface area contributed by atoms with Crippen molar-refractivity contribution in [3.05, 3.63) is 42.3 Å². The number of guanidine groups is 1. The molecule has 0 aliphatic heterocycles. The maximum Gasteiger partial charge on any atom is 0.226 e. The molecule has 0 atom stereocenters. The van der Waals surface area contributed by atoms with E-state index in [0.717, 1.165) is 49.8 Å². The van der Waals surface area contributed by atoms with Crippen LogP contribution in [-0.2, 0) is 6.54 Å². The van der Waals surface area contributed by atoms with E-state index < -0.39 is 0 Å². The zero-order valence-corrected chi connectivity index (χ0v) is 18.9. The van der Waals surface area contributed by atoms with E-state index in [1.807, 2.05) is 30.3 Å². The number of aromatic nitrogens is 1. The second-order valence-electron chi connectivity index (χ2n) is 6.10. The third kappa shape index (κ3) is 8.30. The van der Waals surface area contributed by atoms with Crippen molar-refractivity contribution in [2.45, 2.75) is 33.2 Å². The number of aliphatic imine (C=N–C) groups is 1. The minimum atomic E-state index is 0. The summed E-state index contributed by atoms with van der Waals surface area (Å²) < 4.78 is 5.56. The van der Waals surface area contributed by atoms with Crippen LogP contribution < -0.4 is 10.6 Å². The van der Waals surface area contributed by atoms with Crippen LogP contribution in [0.5, 0.6) is 0 Å². The van der Waals surface area contributed by atoms with E-state index in [1.165, 1.54) is 6.42 Å². The summed E-state index contributed by atoms with van der Waals surface area (Å²) >= 11 is 0. The first-order valence-electron chi connectivity index (χ1n) is 9.43. The molecule has 2 rings (SSSR count). The SMILES string of the molecule is CCN(CC)CCCCNC(=NC)NCc1coc(-c2ccccc2)n1.I. The maximum atomic E-state index is 5.56. The lowest BCUT2D eigenvalue weighted by molar-refractivity contribution is 0.297. The highest BCUT2D eigenvalue weighted by molar-refractivity contribution is 14.0. The first-order chi connectivity index (χ1) is 12.8. The number of hydrogen-bond donors (Lipinski definition) is 2.